The van der Waals surface area contributed by atoms with E-state index in [2.05, 4.69) is 6.07 Å². The topological polar surface area (TPSA) is 23.8 Å². The molecular weight excluding hydrogens is 232 g/mol. The van der Waals surface area contributed by atoms with Crippen molar-refractivity contribution in [3.8, 4) is 6.07 Å². The maximum Gasteiger partial charge on any atom is 0.129 e. The molecule has 2 bridgehead atoms. The standard InChI is InChI=1S/C15H15F2N/c16-13-4-2-11(14(17)6-13)8-15(9-18)7-10-1-3-12(15)5-10/h2,4,6,10,12H,1,3,5,7-8H2. The zero-order valence-corrected chi connectivity index (χ0v) is 10.1. The normalized spacial score (nSPS) is 33.6. The molecule has 2 aliphatic rings. The fourth-order valence-corrected chi connectivity index (χ4v) is 3.84. The van der Waals surface area contributed by atoms with Gasteiger partial charge in [-0.15, -0.1) is 0 Å². The molecule has 0 aromatic heterocycles. The zero-order valence-electron chi connectivity index (χ0n) is 10.1. The maximum absolute atomic E-state index is 13.7. The summed E-state index contributed by atoms with van der Waals surface area (Å²) in [5.41, 5.74) is 0.0622. The van der Waals surface area contributed by atoms with E-state index < -0.39 is 17.0 Å². The largest absolute Gasteiger partial charge is 0.207 e. The molecule has 3 unspecified atom stereocenters. The first-order valence-electron chi connectivity index (χ1n) is 6.48. The van der Waals surface area contributed by atoms with E-state index in [0.29, 0.717) is 23.8 Å². The first-order chi connectivity index (χ1) is 8.63. The van der Waals surface area contributed by atoms with Crippen molar-refractivity contribution in [2.45, 2.75) is 32.1 Å². The van der Waals surface area contributed by atoms with Gasteiger partial charge in [0.25, 0.3) is 0 Å². The second-order valence-electron chi connectivity index (χ2n) is 5.76. The molecule has 0 aliphatic heterocycles. The predicted molar refractivity (Wildman–Crippen MR) is 63.6 cm³/mol. The highest BCUT2D eigenvalue weighted by molar-refractivity contribution is 5.24. The Morgan fingerprint density at radius 2 is 2.17 bits per heavy atom. The Morgan fingerprint density at radius 3 is 2.72 bits per heavy atom. The fraction of sp³-hybridized carbons (Fsp3) is 0.533. The van der Waals surface area contributed by atoms with Crippen LogP contribution in [0.2, 0.25) is 0 Å². The Balaban J connectivity index is 1.89. The third-order valence-corrected chi connectivity index (χ3v) is 4.72. The second-order valence-corrected chi connectivity index (χ2v) is 5.76. The van der Waals surface area contributed by atoms with Gasteiger partial charge in [0.2, 0.25) is 0 Å². The summed E-state index contributed by atoms with van der Waals surface area (Å²) >= 11 is 0. The van der Waals surface area contributed by atoms with Gasteiger partial charge in [-0.3, -0.25) is 0 Å². The van der Waals surface area contributed by atoms with Crippen LogP contribution in [0.4, 0.5) is 8.78 Å². The fourth-order valence-electron chi connectivity index (χ4n) is 3.84. The van der Waals surface area contributed by atoms with Crippen LogP contribution in [0.25, 0.3) is 0 Å². The Morgan fingerprint density at radius 1 is 1.33 bits per heavy atom. The number of nitriles is 1. The Bertz CT molecular complexity index is 520. The Hall–Kier alpha value is -1.43. The minimum absolute atomic E-state index is 0.400. The van der Waals surface area contributed by atoms with Gasteiger partial charge in [-0.25, -0.2) is 8.78 Å². The van der Waals surface area contributed by atoms with Crippen molar-refractivity contribution in [3.63, 3.8) is 0 Å². The zero-order chi connectivity index (χ0) is 12.8. The lowest BCUT2D eigenvalue weighted by atomic mass is 9.70. The van der Waals surface area contributed by atoms with Crippen molar-refractivity contribution in [3.05, 3.63) is 35.4 Å². The summed E-state index contributed by atoms with van der Waals surface area (Å²) in [6.45, 7) is 0. The predicted octanol–water partition coefficient (Wildman–Crippen LogP) is 3.84. The molecule has 2 saturated carbocycles. The number of fused-ring (bicyclic) bond motifs is 2. The summed E-state index contributed by atoms with van der Waals surface area (Å²) in [6, 6.07) is 6.11. The lowest BCUT2D eigenvalue weighted by molar-refractivity contribution is 0.237. The number of rotatable bonds is 2. The highest BCUT2D eigenvalue weighted by Crippen LogP contribution is 2.57. The Kier molecular flexibility index (Phi) is 2.62. The van der Waals surface area contributed by atoms with E-state index in [1.54, 1.807) is 0 Å². The molecule has 3 heteroatoms. The van der Waals surface area contributed by atoms with Gasteiger partial charge in [-0.2, -0.15) is 5.26 Å². The third kappa shape index (κ3) is 1.71. The van der Waals surface area contributed by atoms with Gasteiger partial charge >= 0.3 is 0 Å². The van der Waals surface area contributed by atoms with Crippen LogP contribution in [0.1, 0.15) is 31.2 Å². The van der Waals surface area contributed by atoms with Crippen molar-refractivity contribution in [1.82, 2.24) is 0 Å². The molecule has 0 heterocycles. The molecule has 1 aromatic rings. The smallest absolute Gasteiger partial charge is 0.129 e. The molecule has 0 N–H and O–H groups in total. The van der Waals surface area contributed by atoms with E-state index in [4.69, 9.17) is 0 Å². The molecule has 18 heavy (non-hydrogen) atoms. The maximum atomic E-state index is 13.7. The van der Waals surface area contributed by atoms with E-state index in [1.165, 1.54) is 18.6 Å². The van der Waals surface area contributed by atoms with Crippen molar-refractivity contribution in [1.29, 1.82) is 5.26 Å². The molecule has 1 aromatic carbocycles. The molecule has 1 nitrogen and oxygen atoms in total. The van der Waals surface area contributed by atoms with Gasteiger partial charge < -0.3 is 0 Å². The van der Waals surface area contributed by atoms with Gasteiger partial charge in [-0.1, -0.05) is 12.5 Å². The Labute approximate surface area is 105 Å². The van der Waals surface area contributed by atoms with E-state index in [-0.39, 0.29) is 0 Å². The number of benzene rings is 1. The number of nitrogens with zero attached hydrogens (tertiary/aromatic N) is 1. The van der Waals surface area contributed by atoms with Gasteiger partial charge in [0.15, 0.2) is 0 Å². The van der Waals surface area contributed by atoms with Gasteiger partial charge in [0, 0.05) is 6.07 Å². The molecule has 3 atom stereocenters. The minimum atomic E-state index is -0.560. The first kappa shape index (κ1) is 11.6. The van der Waals surface area contributed by atoms with Crippen LogP contribution >= 0.6 is 0 Å². The first-order valence-corrected chi connectivity index (χ1v) is 6.48. The van der Waals surface area contributed by atoms with Crippen molar-refractivity contribution in [2.24, 2.45) is 17.3 Å². The molecule has 2 aliphatic carbocycles. The number of halogens is 2. The number of hydrogen-bond donors (Lipinski definition) is 0. The summed E-state index contributed by atoms with van der Waals surface area (Å²) in [5.74, 6) is -0.0438. The molecule has 2 fully saturated rings. The van der Waals surface area contributed by atoms with Crippen molar-refractivity contribution < 1.29 is 8.78 Å². The molecule has 0 radical (unpaired) electrons. The van der Waals surface area contributed by atoms with Crippen LogP contribution < -0.4 is 0 Å². The molecule has 0 saturated heterocycles. The SMILES string of the molecule is N#CC1(Cc2ccc(F)cc2F)CC2CCC1C2. The molecule has 3 rings (SSSR count). The average molecular weight is 247 g/mol. The van der Waals surface area contributed by atoms with E-state index in [0.717, 1.165) is 25.3 Å². The highest BCUT2D eigenvalue weighted by Gasteiger charge is 2.51. The summed E-state index contributed by atoms with van der Waals surface area (Å²) in [6.07, 6.45) is 4.71. The average Bonchev–Trinajstić information content (AvgIpc) is 2.93. The quantitative estimate of drug-likeness (QED) is 0.779. The minimum Gasteiger partial charge on any atom is -0.207 e. The molecular formula is C15H15F2N. The third-order valence-electron chi connectivity index (χ3n) is 4.72. The van der Waals surface area contributed by atoms with Crippen LogP contribution in [0.5, 0.6) is 0 Å². The lowest BCUT2D eigenvalue weighted by Gasteiger charge is -2.31. The van der Waals surface area contributed by atoms with Crippen LogP contribution in [-0.4, -0.2) is 0 Å². The number of hydrogen-bond acceptors (Lipinski definition) is 1. The lowest BCUT2D eigenvalue weighted by Crippen LogP contribution is -2.29. The molecule has 0 amide bonds. The van der Waals surface area contributed by atoms with E-state index >= 15 is 0 Å². The van der Waals surface area contributed by atoms with Crippen molar-refractivity contribution in [2.75, 3.05) is 0 Å². The summed E-state index contributed by atoms with van der Waals surface area (Å²) in [5, 5.41) is 9.50. The van der Waals surface area contributed by atoms with E-state index in [9.17, 15) is 14.0 Å². The monoisotopic (exact) mass is 247 g/mol. The van der Waals surface area contributed by atoms with E-state index in [1.807, 2.05) is 0 Å². The molecule has 0 spiro atoms. The van der Waals surface area contributed by atoms with Gasteiger partial charge in [-0.05, 0) is 49.1 Å². The van der Waals surface area contributed by atoms with Crippen LogP contribution in [0.15, 0.2) is 18.2 Å². The second kappa shape index (κ2) is 4.05. The van der Waals surface area contributed by atoms with Crippen LogP contribution in [-0.2, 0) is 6.42 Å². The molecule has 94 valence electrons. The summed E-state index contributed by atoms with van der Waals surface area (Å²) in [7, 11) is 0. The van der Waals surface area contributed by atoms with Gasteiger partial charge in [0.05, 0.1) is 11.5 Å². The highest BCUT2D eigenvalue weighted by atomic mass is 19.1. The van der Waals surface area contributed by atoms with Crippen molar-refractivity contribution >= 4 is 0 Å². The van der Waals surface area contributed by atoms with Crippen LogP contribution in [0.3, 0.4) is 0 Å². The summed E-state index contributed by atoms with van der Waals surface area (Å²) in [4.78, 5) is 0. The van der Waals surface area contributed by atoms with Gasteiger partial charge in [0.1, 0.15) is 11.6 Å². The van der Waals surface area contributed by atoms with Crippen LogP contribution in [0, 0.1) is 40.2 Å². The summed E-state index contributed by atoms with van der Waals surface area (Å²) < 4.78 is 26.6.